The molecule has 0 bridgehead atoms. The standard InChI is InChI=1S/C18H25F2N3O2S/c1-13-21-15(10-26-13)8-22-5-3-17(11-22)12-23(6-4-18(17,19)20)16(24)14-2-7-25-9-14/h10,14H,2-9,11-12H2,1H3. The third-order valence-corrected chi connectivity index (χ3v) is 6.86. The van der Waals surface area contributed by atoms with Gasteiger partial charge in [-0.25, -0.2) is 13.8 Å². The quantitative estimate of drug-likeness (QED) is 0.802. The molecule has 0 radical (unpaired) electrons. The number of ether oxygens (including phenoxy) is 1. The van der Waals surface area contributed by atoms with Crippen LogP contribution in [0.2, 0.25) is 0 Å². The van der Waals surface area contributed by atoms with Crippen molar-refractivity contribution in [2.45, 2.75) is 38.7 Å². The van der Waals surface area contributed by atoms with E-state index in [1.807, 2.05) is 12.3 Å². The fraction of sp³-hybridized carbons (Fsp3) is 0.778. The molecule has 2 unspecified atom stereocenters. The molecule has 1 spiro atoms. The molecular formula is C18H25F2N3O2S. The number of amides is 1. The van der Waals surface area contributed by atoms with Gasteiger partial charge in [-0.1, -0.05) is 0 Å². The third-order valence-electron chi connectivity index (χ3n) is 6.04. The summed E-state index contributed by atoms with van der Waals surface area (Å²) in [5.74, 6) is -2.90. The van der Waals surface area contributed by atoms with E-state index in [9.17, 15) is 13.6 Å². The molecule has 0 aliphatic carbocycles. The molecule has 4 rings (SSSR count). The fourth-order valence-electron chi connectivity index (χ4n) is 4.51. The summed E-state index contributed by atoms with van der Waals surface area (Å²) in [5, 5.41) is 2.99. The lowest BCUT2D eigenvalue weighted by molar-refractivity contribution is -0.173. The summed E-state index contributed by atoms with van der Waals surface area (Å²) in [6.45, 7) is 4.82. The summed E-state index contributed by atoms with van der Waals surface area (Å²) in [6, 6.07) is 0. The predicted molar refractivity (Wildman–Crippen MR) is 94.2 cm³/mol. The highest BCUT2D eigenvalue weighted by Crippen LogP contribution is 2.50. The number of rotatable bonds is 3. The van der Waals surface area contributed by atoms with Crippen LogP contribution in [0.4, 0.5) is 8.78 Å². The Morgan fingerprint density at radius 3 is 2.92 bits per heavy atom. The zero-order valence-electron chi connectivity index (χ0n) is 15.0. The second kappa shape index (κ2) is 6.80. The Balaban J connectivity index is 1.46. The minimum Gasteiger partial charge on any atom is -0.381 e. The number of alkyl halides is 2. The Bertz CT molecular complexity index is 677. The highest BCUT2D eigenvalue weighted by atomic mass is 32.1. The van der Waals surface area contributed by atoms with Gasteiger partial charge in [0.2, 0.25) is 5.91 Å². The van der Waals surface area contributed by atoms with Crippen molar-refractivity contribution >= 4 is 17.2 Å². The first-order valence-electron chi connectivity index (χ1n) is 9.26. The van der Waals surface area contributed by atoms with Gasteiger partial charge in [-0.15, -0.1) is 11.3 Å². The van der Waals surface area contributed by atoms with Crippen LogP contribution in [-0.2, 0) is 16.1 Å². The summed E-state index contributed by atoms with van der Waals surface area (Å²) in [4.78, 5) is 20.9. The maximum Gasteiger partial charge on any atom is 0.258 e. The number of hydrogen-bond acceptors (Lipinski definition) is 5. The molecule has 3 aliphatic rings. The van der Waals surface area contributed by atoms with E-state index in [0.717, 1.165) is 10.7 Å². The van der Waals surface area contributed by atoms with Crippen molar-refractivity contribution in [3.8, 4) is 0 Å². The van der Waals surface area contributed by atoms with Crippen molar-refractivity contribution in [2.24, 2.45) is 11.3 Å². The van der Waals surface area contributed by atoms with Gasteiger partial charge in [0.15, 0.2) is 0 Å². The van der Waals surface area contributed by atoms with Gasteiger partial charge in [0.1, 0.15) is 0 Å². The third kappa shape index (κ3) is 3.27. The monoisotopic (exact) mass is 385 g/mol. The zero-order valence-corrected chi connectivity index (χ0v) is 15.9. The minimum absolute atomic E-state index is 0.00838. The van der Waals surface area contributed by atoms with Gasteiger partial charge >= 0.3 is 0 Å². The lowest BCUT2D eigenvalue weighted by Gasteiger charge is -2.46. The van der Waals surface area contributed by atoms with Crippen LogP contribution in [0.3, 0.4) is 0 Å². The molecule has 8 heteroatoms. The van der Waals surface area contributed by atoms with Crippen molar-refractivity contribution in [1.82, 2.24) is 14.8 Å². The maximum absolute atomic E-state index is 14.9. The van der Waals surface area contributed by atoms with Gasteiger partial charge in [-0.3, -0.25) is 9.69 Å². The molecule has 0 aromatic carbocycles. The zero-order chi connectivity index (χ0) is 18.4. The number of thiazole rings is 1. The summed E-state index contributed by atoms with van der Waals surface area (Å²) in [7, 11) is 0. The summed E-state index contributed by atoms with van der Waals surface area (Å²) in [6.07, 6.45) is 0.887. The maximum atomic E-state index is 14.9. The van der Waals surface area contributed by atoms with Crippen molar-refractivity contribution in [1.29, 1.82) is 0 Å². The van der Waals surface area contributed by atoms with E-state index in [4.69, 9.17) is 4.74 Å². The number of halogens is 2. The smallest absolute Gasteiger partial charge is 0.258 e. The van der Waals surface area contributed by atoms with Crippen LogP contribution < -0.4 is 0 Å². The van der Waals surface area contributed by atoms with E-state index in [2.05, 4.69) is 9.88 Å². The highest BCUT2D eigenvalue weighted by Gasteiger charge is 2.60. The molecule has 26 heavy (non-hydrogen) atoms. The van der Waals surface area contributed by atoms with E-state index < -0.39 is 11.3 Å². The second-order valence-corrected chi connectivity index (χ2v) is 8.94. The molecule has 0 saturated carbocycles. The molecule has 1 aromatic rings. The summed E-state index contributed by atoms with van der Waals surface area (Å²) >= 11 is 1.58. The normalized spacial score (nSPS) is 31.8. The first-order valence-corrected chi connectivity index (χ1v) is 10.1. The van der Waals surface area contributed by atoms with Gasteiger partial charge in [-0.05, 0) is 26.3 Å². The van der Waals surface area contributed by atoms with Crippen LogP contribution in [0.15, 0.2) is 5.38 Å². The van der Waals surface area contributed by atoms with E-state index in [1.54, 1.807) is 16.2 Å². The lowest BCUT2D eigenvalue weighted by atomic mass is 9.75. The van der Waals surface area contributed by atoms with Gasteiger partial charge in [0.25, 0.3) is 5.92 Å². The van der Waals surface area contributed by atoms with Crippen molar-refractivity contribution in [2.75, 3.05) is 39.4 Å². The number of hydrogen-bond donors (Lipinski definition) is 0. The van der Waals surface area contributed by atoms with Crippen molar-refractivity contribution in [3.63, 3.8) is 0 Å². The summed E-state index contributed by atoms with van der Waals surface area (Å²) < 4.78 is 35.1. The molecule has 2 atom stereocenters. The largest absolute Gasteiger partial charge is 0.381 e. The molecule has 3 fully saturated rings. The molecule has 3 saturated heterocycles. The van der Waals surface area contributed by atoms with E-state index in [1.165, 1.54) is 0 Å². The van der Waals surface area contributed by atoms with Crippen molar-refractivity contribution in [3.05, 3.63) is 16.1 Å². The Morgan fingerprint density at radius 2 is 2.23 bits per heavy atom. The van der Waals surface area contributed by atoms with Gasteiger partial charge < -0.3 is 9.64 Å². The molecule has 144 valence electrons. The van der Waals surface area contributed by atoms with Gasteiger partial charge in [-0.2, -0.15) is 0 Å². The van der Waals surface area contributed by atoms with Crippen LogP contribution in [0.5, 0.6) is 0 Å². The van der Waals surface area contributed by atoms with Crippen LogP contribution in [0.25, 0.3) is 0 Å². The average Bonchev–Trinajstić information content (AvgIpc) is 3.33. The number of nitrogens with zero attached hydrogens (tertiary/aromatic N) is 3. The van der Waals surface area contributed by atoms with Crippen LogP contribution in [0, 0.1) is 18.3 Å². The minimum atomic E-state index is -2.73. The first kappa shape index (κ1) is 18.3. The van der Waals surface area contributed by atoms with Gasteiger partial charge in [0, 0.05) is 44.6 Å². The number of aryl methyl sites for hydroxylation is 1. The SMILES string of the molecule is Cc1nc(CN2CCC3(C2)CN(C(=O)C2CCOC2)CCC3(F)F)cs1. The number of piperidine rings is 1. The molecule has 1 aromatic heterocycles. The lowest BCUT2D eigenvalue weighted by Crippen LogP contribution is -2.59. The van der Waals surface area contributed by atoms with Crippen molar-refractivity contribution < 1.29 is 18.3 Å². The van der Waals surface area contributed by atoms with Crippen LogP contribution >= 0.6 is 11.3 Å². The molecule has 4 heterocycles. The number of carbonyl (C=O) groups is 1. The average molecular weight is 385 g/mol. The predicted octanol–water partition coefficient (Wildman–Crippen LogP) is 2.55. The number of likely N-dealkylation sites (tertiary alicyclic amines) is 2. The Morgan fingerprint density at radius 1 is 1.38 bits per heavy atom. The Kier molecular flexibility index (Phi) is 4.77. The molecule has 1 amide bonds. The second-order valence-electron chi connectivity index (χ2n) is 7.87. The van der Waals surface area contributed by atoms with E-state index in [-0.39, 0.29) is 31.3 Å². The molecule has 0 N–H and O–H groups in total. The number of aromatic nitrogens is 1. The Labute approximate surface area is 156 Å². The number of carbonyl (C=O) groups excluding carboxylic acids is 1. The topological polar surface area (TPSA) is 45.7 Å². The fourth-order valence-corrected chi connectivity index (χ4v) is 5.11. The molecule has 5 nitrogen and oxygen atoms in total. The van der Waals surface area contributed by atoms with E-state index >= 15 is 0 Å². The van der Waals surface area contributed by atoms with Crippen LogP contribution in [-0.4, -0.2) is 66.0 Å². The highest BCUT2D eigenvalue weighted by molar-refractivity contribution is 7.09. The molecular weight excluding hydrogens is 360 g/mol. The molecule has 3 aliphatic heterocycles. The van der Waals surface area contributed by atoms with Crippen LogP contribution in [0.1, 0.15) is 30.0 Å². The van der Waals surface area contributed by atoms with E-state index in [0.29, 0.717) is 45.7 Å². The van der Waals surface area contributed by atoms with Gasteiger partial charge in [0.05, 0.1) is 28.6 Å². The first-order chi connectivity index (χ1) is 12.4. The summed E-state index contributed by atoms with van der Waals surface area (Å²) in [5.41, 5.74) is -0.189. The Hall–Kier alpha value is -1.12.